The standard InChI is InChI=1S/C20H34O4/c1-13(9-12-21)7-8-14-19(4)11-6-10-18(2,3)16(19)15(22)17(23)20(14,5)24/h7-9,14-17,21-24H,6,10-12H2,1-5H3/b8-7+,13-9-/t14-,15-,16+,17+,19-,20+/m1/s1. The molecule has 138 valence electrons. The van der Waals surface area contributed by atoms with Gasteiger partial charge in [0, 0.05) is 5.92 Å². The van der Waals surface area contributed by atoms with E-state index in [1.807, 2.05) is 19.1 Å². The lowest BCUT2D eigenvalue weighted by Gasteiger charge is -2.63. The van der Waals surface area contributed by atoms with Crippen molar-refractivity contribution in [3.05, 3.63) is 23.8 Å². The van der Waals surface area contributed by atoms with Crippen LogP contribution >= 0.6 is 0 Å². The van der Waals surface area contributed by atoms with Gasteiger partial charge < -0.3 is 20.4 Å². The first-order chi connectivity index (χ1) is 11.0. The zero-order valence-electron chi connectivity index (χ0n) is 15.7. The maximum atomic E-state index is 11.1. The summed E-state index contributed by atoms with van der Waals surface area (Å²) in [5, 5.41) is 41.5. The van der Waals surface area contributed by atoms with Crippen LogP contribution in [0, 0.1) is 22.7 Å². The summed E-state index contributed by atoms with van der Waals surface area (Å²) in [5.41, 5.74) is -0.857. The quantitative estimate of drug-likeness (QED) is 0.596. The SMILES string of the molecule is CC(=C/CO)/C=C/[C@H]1[C@](C)(O)[C@@H](O)[C@H](O)[C@H]2C(C)(C)CCC[C@@]21C. The van der Waals surface area contributed by atoms with Crippen molar-refractivity contribution in [3.8, 4) is 0 Å². The third kappa shape index (κ3) is 3.10. The first-order valence-corrected chi connectivity index (χ1v) is 9.03. The highest BCUT2D eigenvalue weighted by Gasteiger charge is 2.64. The highest BCUT2D eigenvalue weighted by atomic mass is 16.4. The largest absolute Gasteiger partial charge is 0.392 e. The Hall–Kier alpha value is -0.680. The smallest absolute Gasteiger partial charge is 0.109 e. The molecule has 4 N–H and O–H groups in total. The number of rotatable bonds is 3. The molecule has 2 fully saturated rings. The molecule has 2 saturated carbocycles. The van der Waals surface area contributed by atoms with Crippen molar-refractivity contribution in [2.24, 2.45) is 22.7 Å². The number of fused-ring (bicyclic) bond motifs is 1. The lowest BCUT2D eigenvalue weighted by atomic mass is 9.44. The van der Waals surface area contributed by atoms with Crippen molar-refractivity contribution in [2.75, 3.05) is 6.61 Å². The molecule has 0 heterocycles. The first-order valence-electron chi connectivity index (χ1n) is 9.03. The molecule has 0 amide bonds. The summed E-state index contributed by atoms with van der Waals surface area (Å²) in [6, 6.07) is 0. The average Bonchev–Trinajstić information content (AvgIpc) is 2.44. The molecule has 4 nitrogen and oxygen atoms in total. The van der Waals surface area contributed by atoms with E-state index in [4.69, 9.17) is 5.11 Å². The molecule has 0 aromatic carbocycles. The van der Waals surface area contributed by atoms with Crippen molar-refractivity contribution in [1.82, 2.24) is 0 Å². The molecule has 0 spiro atoms. The average molecular weight is 338 g/mol. The Kier molecular flexibility index (Phi) is 5.37. The highest BCUT2D eigenvalue weighted by molar-refractivity contribution is 5.24. The maximum Gasteiger partial charge on any atom is 0.109 e. The van der Waals surface area contributed by atoms with Crippen molar-refractivity contribution in [2.45, 2.75) is 71.7 Å². The van der Waals surface area contributed by atoms with Crippen molar-refractivity contribution >= 4 is 0 Å². The predicted octanol–water partition coefficient (Wildman–Crippen LogP) is 2.42. The summed E-state index contributed by atoms with van der Waals surface area (Å²) in [4.78, 5) is 0. The molecule has 0 aromatic heterocycles. The minimum Gasteiger partial charge on any atom is -0.392 e. The number of hydrogen-bond acceptors (Lipinski definition) is 4. The van der Waals surface area contributed by atoms with E-state index >= 15 is 0 Å². The van der Waals surface area contributed by atoms with Crippen LogP contribution in [0.2, 0.25) is 0 Å². The Morgan fingerprint density at radius 3 is 2.33 bits per heavy atom. The number of hydrogen-bond donors (Lipinski definition) is 4. The third-order valence-electron chi connectivity index (χ3n) is 6.66. The molecule has 2 aliphatic carbocycles. The molecule has 2 aliphatic rings. The predicted molar refractivity (Wildman–Crippen MR) is 95.3 cm³/mol. The van der Waals surface area contributed by atoms with Gasteiger partial charge in [0.2, 0.25) is 0 Å². The van der Waals surface area contributed by atoms with Crippen molar-refractivity contribution < 1.29 is 20.4 Å². The molecule has 2 rings (SSSR count). The second-order valence-electron chi connectivity index (χ2n) is 8.95. The lowest BCUT2D eigenvalue weighted by Crippen LogP contribution is -2.69. The van der Waals surface area contributed by atoms with Crippen molar-refractivity contribution in [3.63, 3.8) is 0 Å². The molecule has 6 atom stereocenters. The summed E-state index contributed by atoms with van der Waals surface area (Å²) < 4.78 is 0. The Balaban J connectivity index is 2.50. The van der Waals surface area contributed by atoms with E-state index in [9.17, 15) is 15.3 Å². The summed E-state index contributed by atoms with van der Waals surface area (Å²) >= 11 is 0. The Labute approximate surface area is 145 Å². The second-order valence-corrected chi connectivity index (χ2v) is 8.95. The van der Waals surface area contributed by atoms with Crippen LogP contribution in [-0.2, 0) is 0 Å². The molecule has 0 radical (unpaired) electrons. The van der Waals surface area contributed by atoms with Gasteiger partial charge in [-0.05, 0) is 43.4 Å². The van der Waals surface area contributed by atoms with Crippen LogP contribution in [0.5, 0.6) is 0 Å². The lowest BCUT2D eigenvalue weighted by molar-refractivity contribution is -0.255. The Morgan fingerprint density at radius 2 is 1.75 bits per heavy atom. The monoisotopic (exact) mass is 338 g/mol. The van der Waals surface area contributed by atoms with E-state index in [2.05, 4.69) is 20.8 Å². The molecular weight excluding hydrogens is 304 g/mol. The number of aliphatic hydroxyl groups is 4. The molecule has 0 unspecified atom stereocenters. The summed E-state index contributed by atoms with van der Waals surface area (Å²) in [5.74, 6) is -0.347. The van der Waals surface area contributed by atoms with E-state index in [0.29, 0.717) is 0 Å². The second kappa shape index (κ2) is 6.56. The number of aliphatic hydroxyl groups excluding tert-OH is 3. The van der Waals surface area contributed by atoms with Crippen LogP contribution in [0.1, 0.15) is 53.9 Å². The molecule has 4 heteroatoms. The Morgan fingerprint density at radius 1 is 1.12 bits per heavy atom. The fourth-order valence-corrected chi connectivity index (χ4v) is 5.58. The Bertz CT molecular complexity index is 520. The van der Waals surface area contributed by atoms with Crippen LogP contribution in [0.4, 0.5) is 0 Å². The van der Waals surface area contributed by atoms with Gasteiger partial charge in [0.25, 0.3) is 0 Å². The van der Waals surface area contributed by atoms with E-state index in [0.717, 1.165) is 24.8 Å². The van der Waals surface area contributed by atoms with Gasteiger partial charge in [0.15, 0.2) is 0 Å². The van der Waals surface area contributed by atoms with Gasteiger partial charge in [-0.25, -0.2) is 0 Å². The minimum absolute atomic E-state index is 0.0223. The normalized spacial score (nSPS) is 46.1. The first kappa shape index (κ1) is 19.6. The topological polar surface area (TPSA) is 80.9 Å². The molecule has 24 heavy (non-hydrogen) atoms. The van der Waals surface area contributed by atoms with Gasteiger partial charge in [-0.3, -0.25) is 0 Å². The minimum atomic E-state index is -1.39. The van der Waals surface area contributed by atoms with E-state index in [1.54, 1.807) is 13.0 Å². The highest BCUT2D eigenvalue weighted by Crippen LogP contribution is 2.62. The van der Waals surface area contributed by atoms with E-state index in [1.165, 1.54) is 0 Å². The third-order valence-corrected chi connectivity index (χ3v) is 6.66. The van der Waals surface area contributed by atoms with Crippen molar-refractivity contribution in [1.29, 1.82) is 0 Å². The van der Waals surface area contributed by atoms with Gasteiger partial charge in [-0.1, -0.05) is 51.0 Å². The van der Waals surface area contributed by atoms with Crippen LogP contribution in [0.3, 0.4) is 0 Å². The van der Waals surface area contributed by atoms with Gasteiger partial charge in [-0.15, -0.1) is 0 Å². The fourth-order valence-electron chi connectivity index (χ4n) is 5.58. The molecule has 0 aliphatic heterocycles. The van der Waals surface area contributed by atoms with Crippen LogP contribution in [0.25, 0.3) is 0 Å². The van der Waals surface area contributed by atoms with E-state index < -0.39 is 17.8 Å². The summed E-state index contributed by atoms with van der Waals surface area (Å²) in [7, 11) is 0. The zero-order valence-corrected chi connectivity index (χ0v) is 15.7. The van der Waals surface area contributed by atoms with Gasteiger partial charge in [0.05, 0.1) is 18.3 Å². The van der Waals surface area contributed by atoms with E-state index in [-0.39, 0.29) is 29.3 Å². The molecule has 0 aromatic rings. The van der Waals surface area contributed by atoms with Crippen LogP contribution in [0.15, 0.2) is 23.8 Å². The summed E-state index contributed by atoms with van der Waals surface area (Å²) in [6.45, 7) is 9.96. The van der Waals surface area contributed by atoms with Gasteiger partial charge in [0.1, 0.15) is 6.10 Å². The number of allylic oxidation sites excluding steroid dienone is 2. The molecule has 0 saturated heterocycles. The van der Waals surface area contributed by atoms with Crippen LogP contribution in [-0.4, -0.2) is 44.8 Å². The summed E-state index contributed by atoms with van der Waals surface area (Å²) in [6.07, 6.45) is 6.45. The maximum absolute atomic E-state index is 11.1. The molecular formula is C20H34O4. The fraction of sp³-hybridized carbons (Fsp3) is 0.800. The van der Waals surface area contributed by atoms with Gasteiger partial charge in [-0.2, -0.15) is 0 Å². The van der Waals surface area contributed by atoms with Crippen LogP contribution < -0.4 is 0 Å². The molecule has 0 bridgehead atoms. The zero-order chi connectivity index (χ0) is 18.3. The van der Waals surface area contributed by atoms with Gasteiger partial charge >= 0.3 is 0 Å².